The number of carbonyl (C=O) groups is 1. The van der Waals surface area contributed by atoms with E-state index in [1.54, 1.807) is 0 Å². The molecule has 1 amide bonds. The lowest BCUT2D eigenvalue weighted by Gasteiger charge is -2.26. The number of carbonyl (C=O) groups excluding carboxylic acids is 1. The second-order valence-corrected chi connectivity index (χ2v) is 5.14. The molecule has 1 aromatic rings. The van der Waals surface area contributed by atoms with Crippen LogP contribution >= 0.6 is 0 Å². The van der Waals surface area contributed by atoms with Crippen LogP contribution in [0.1, 0.15) is 38.7 Å². The van der Waals surface area contributed by atoms with Gasteiger partial charge in [-0.3, -0.25) is 4.79 Å². The number of nitrogens with one attached hydrogen (secondary N) is 1. The molecular formula is C15H24N2O. The average Bonchev–Trinajstić information content (AvgIpc) is 2.44. The van der Waals surface area contributed by atoms with Crippen LogP contribution in [0.5, 0.6) is 0 Å². The van der Waals surface area contributed by atoms with Crippen molar-refractivity contribution in [2.24, 2.45) is 11.1 Å². The summed E-state index contributed by atoms with van der Waals surface area (Å²) in [6.45, 7) is 7.05. The minimum atomic E-state index is -0.448. The zero-order valence-corrected chi connectivity index (χ0v) is 11.6. The first kappa shape index (κ1) is 14.7. The Kier molecular flexibility index (Phi) is 5.35. The molecule has 0 radical (unpaired) electrons. The average molecular weight is 248 g/mol. The van der Waals surface area contributed by atoms with E-state index in [1.165, 1.54) is 5.56 Å². The van der Waals surface area contributed by atoms with Crippen molar-refractivity contribution >= 4 is 5.91 Å². The van der Waals surface area contributed by atoms with Gasteiger partial charge in [-0.1, -0.05) is 44.2 Å². The van der Waals surface area contributed by atoms with Crippen LogP contribution in [-0.4, -0.2) is 19.0 Å². The summed E-state index contributed by atoms with van der Waals surface area (Å²) >= 11 is 0. The summed E-state index contributed by atoms with van der Waals surface area (Å²) in [4.78, 5) is 12.1. The number of benzene rings is 1. The van der Waals surface area contributed by atoms with E-state index in [2.05, 4.69) is 24.4 Å². The van der Waals surface area contributed by atoms with Crippen molar-refractivity contribution in [2.45, 2.75) is 33.1 Å². The third kappa shape index (κ3) is 3.57. The minimum Gasteiger partial charge on any atom is -0.355 e. The summed E-state index contributed by atoms with van der Waals surface area (Å²) in [6.07, 6.45) is 0.759. The monoisotopic (exact) mass is 248 g/mol. The second-order valence-electron chi connectivity index (χ2n) is 5.14. The molecule has 0 heterocycles. The number of hydrogen-bond donors (Lipinski definition) is 2. The van der Waals surface area contributed by atoms with E-state index in [-0.39, 0.29) is 5.91 Å². The summed E-state index contributed by atoms with van der Waals surface area (Å²) in [5.74, 6) is 0.365. The van der Waals surface area contributed by atoms with Gasteiger partial charge in [-0.15, -0.1) is 0 Å². The predicted octanol–water partition coefficient (Wildman–Crippen LogP) is 2.28. The fourth-order valence-electron chi connectivity index (χ4n) is 1.76. The number of amides is 1. The fraction of sp³-hybridized carbons (Fsp3) is 0.533. The van der Waals surface area contributed by atoms with E-state index in [0.29, 0.717) is 19.0 Å². The van der Waals surface area contributed by atoms with E-state index in [0.717, 1.165) is 6.42 Å². The van der Waals surface area contributed by atoms with Crippen LogP contribution in [0.4, 0.5) is 0 Å². The molecule has 1 aromatic carbocycles. The molecule has 0 aliphatic heterocycles. The fourth-order valence-corrected chi connectivity index (χ4v) is 1.76. The third-order valence-corrected chi connectivity index (χ3v) is 3.72. The highest BCUT2D eigenvalue weighted by Crippen LogP contribution is 2.20. The smallest absolute Gasteiger partial charge is 0.227 e. The highest BCUT2D eigenvalue weighted by atomic mass is 16.2. The highest BCUT2D eigenvalue weighted by Gasteiger charge is 2.29. The van der Waals surface area contributed by atoms with Gasteiger partial charge in [0.25, 0.3) is 0 Å². The predicted molar refractivity (Wildman–Crippen MR) is 75.3 cm³/mol. The molecule has 3 heteroatoms. The Hall–Kier alpha value is -1.35. The molecule has 0 spiro atoms. The molecule has 0 aliphatic rings. The van der Waals surface area contributed by atoms with Crippen molar-refractivity contribution in [3.05, 3.63) is 35.9 Å². The maximum absolute atomic E-state index is 12.1. The normalized spacial score (nSPS) is 15.8. The summed E-state index contributed by atoms with van der Waals surface area (Å²) in [7, 11) is 0. The Morgan fingerprint density at radius 2 is 2.00 bits per heavy atom. The lowest BCUT2D eigenvalue weighted by atomic mass is 9.86. The lowest BCUT2D eigenvalue weighted by Crippen LogP contribution is -2.44. The van der Waals surface area contributed by atoms with Crippen LogP contribution in [0.25, 0.3) is 0 Å². The number of nitrogens with two attached hydrogens (primary N) is 1. The van der Waals surface area contributed by atoms with Gasteiger partial charge in [0.15, 0.2) is 0 Å². The van der Waals surface area contributed by atoms with Crippen LogP contribution in [0.2, 0.25) is 0 Å². The molecule has 3 N–H and O–H groups in total. The molecule has 100 valence electrons. The van der Waals surface area contributed by atoms with Crippen molar-refractivity contribution in [3.63, 3.8) is 0 Å². The molecule has 0 bridgehead atoms. The number of hydrogen-bond acceptors (Lipinski definition) is 2. The van der Waals surface area contributed by atoms with Crippen molar-refractivity contribution in [1.29, 1.82) is 0 Å². The van der Waals surface area contributed by atoms with Gasteiger partial charge < -0.3 is 11.1 Å². The standard InChI is InChI=1S/C15H24N2O/c1-4-15(3,11-16)14(18)17-10-12(2)13-8-6-5-7-9-13/h5-9,12H,4,10-11,16H2,1-3H3,(H,17,18). The first-order valence-electron chi connectivity index (χ1n) is 6.57. The molecule has 0 aliphatic carbocycles. The quantitative estimate of drug-likeness (QED) is 0.811. The molecule has 2 atom stereocenters. The Morgan fingerprint density at radius 3 is 2.50 bits per heavy atom. The Balaban J connectivity index is 2.53. The van der Waals surface area contributed by atoms with Gasteiger partial charge in [0.2, 0.25) is 5.91 Å². The Morgan fingerprint density at radius 1 is 1.39 bits per heavy atom. The van der Waals surface area contributed by atoms with Crippen LogP contribution < -0.4 is 11.1 Å². The van der Waals surface area contributed by atoms with E-state index in [4.69, 9.17) is 5.73 Å². The number of rotatable bonds is 6. The van der Waals surface area contributed by atoms with Crippen LogP contribution in [-0.2, 0) is 4.79 Å². The molecular weight excluding hydrogens is 224 g/mol. The summed E-state index contributed by atoms with van der Waals surface area (Å²) in [6, 6.07) is 10.2. The topological polar surface area (TPSA) is 55.1 Å². The van der Waals surface area contributed by atoms with Crippen molar-refractivity contribution < 1.29 is 4.79 Å². The van der Waals surface area contributed by atoms with Gasteiger partial charge in [-0.25, -0.2) is 0 Å². The maximum Gasteiger partial charge on any atom is 0.227 e. The summed E-state index contributed by atoms with van der Waals surface area (Å²) in [5, 5.41) is 3.00. The van der Waals surface area contributed by atoms with E-state index in [1.807, 2.05) is 32.0 Å². The van der Waals surface area contributed by atoms with Gasteiger partial charge in [0.1, 0.15) is 0 Å². The molecule has 0 saturated carbocycles. The second kappa shape index (κ2) is 6.55. The molecule has 0 fully saturated rings. The van der Waals surface area contributed by atoms with E-state index in [9.17, 15) is 4.79 Å². The summed E-state index contributed by atoms with van der Waals surface area (Å²) < 4.78 is 0. The van der Waals surface area contributed by atoms with Gasteiger partial charge in [0.05, 0.1) is 5.41 Å². The van der Waals surface area contributed by atoms with Crippen LogP contribution in [0, 0.1) is 5.41 Å². The lowest BCUT2D eigenvalue weighted by molar-refractivity contribution is -0.129. The zero-order chi connectivity index (χ0) is 13.6. The van der Waals surface area contributed by atoms with Gasteiger partial charge in [-0.2, -0.15) is 0 Å². The Bertz CT molecular complexity index is 371. The van der Waals surface area contributed by atoms with E-state index < -0.39 is 5.41 Å². The van der Waals surface area contributed by atoms with E-state index >= 15 is 0 Å². The van der Waals surface area contributed by atoms with Crippen molar-refractivity contribution in [1.82, 2.24) is 5.32 Å². The van der Waals surface area contributed by atoms with Crippen LogP contribution in [0.3, 0.4) is 0 Å². The molecule has 2 unspecified atom stereocenters. The third-order valence-electron chi connectivity index (χ3n) is 3.72. The molecule has 3 nitrogen and oxygen atoms in total. The highest BCUT2D eigenvalue weighted by molar-refractivity contribution is 5.82. The maximum atomic E-state index is 12.1. The van der Waals surface area contributed by atoms with Gasteiger partial charge in [0, 0.05) is 13.1 Å². The molecule has 0 aromatic heterocycles. The first-order valence-corrected chi connectivity index (χ1v) is 6.57. The van der Waals surface area contributed by atoms with Crippen LogP contribution in [0.15, 0.2) is 30.3 Å². The van der Waals surface area contributed by atoms with Crippen molar-refractivity contribution in [3.8, 4) is 0 Å². The first-order chi connectivity index (χ1) is 8.53. The zero-order valence-electron chi connectivity index (χ0n) is 11.6. The molecule has 0 saturated heterocycles. The Labute approximate surface area is 110 Å². The SMILES string of the molecule is CCC(C)(CN)C(=O)NCC(C)c1ccccc1. The molecule has 1 rings (SSSR count). The molecule has 18 heavy (non-hydrogen) atoms. The summed E-state index contributed by atoms with van der Waals surface area (Å²) in [5.41, 5.74) is 6.47. The minimum absolute atomic E-state index is 0.0512. The van der Waals surface area contributed by atoms with Gasteiger partial charge >= 0.3 is 0 Å². The van der Waals surface area contributed by atoms with Gasteiger partial charge in [-0.05, 0) is 24.8 Å². The van der Waals surface area contributed by atoms with Crippen molar-refractivity contribution in [2.75, 3.05) is 13.1 Å². The largest absolute Gasteiger partial charge is 0.355 e.